The van der Waals surface area contributed by atoms with Crippen LogP contribution in [0.3, 0.4) is 0 Å². The van der Waals surface area contributed by atoms with E-state index < -0.39 is 18.6 Å². The van der Waals surface area contributed by atoms with Gasteiger partial charge in [-0.05, 0) is 12.1 Å². The van der Waals surface area contributed by atoms with Crippen molar-refractivity contribution in [3.8, 4) is 0 Å². The molecular formula is C12H10ClF3N2. The Morgan fingerprint density at radius 3 is 2.56 bits per heavy atom. The molecule has 0 aliphatic rings. The number of rotatable bonds is 2. The van der Waals surface area contributed by atoms with Crippen LogP contribution in [0.25, 0.3) is 10.9 Å². The van der Waals surface area contributed by atoms with Crippen molar-refractivity contribution in [2.45, 2.75) is 12.1 Å². The van der Waals surface area contributed by atoms with Gasteiger partial charge < -0.3 is 5.73 Å². The highest BCUT2D eigenvalue weighted by Gasteiger charge is 2.41. The number of para-hydroxylation sites is 1. The molecule has 1 atom stereocenters. The van der Waals surface area contributed by atoms with Gasteiger partial charge in [0.1, 0.15) is 5.15 Å². The Labute approximate surface area is 107 Å². The van der Waals surface area contributed by atoms with Crippen LogP contribution in [0.4, 0.5) is 13.2 Å². The maximum Gasteiger partial charge on any atom is 0.397 e. The Morgan fingerprint density at radius 2 is 1.94 bits per heavy atom. The van der Waals surface area contributed by atoms with Crippen molar-refractivity contribution in [1.29, 1.82) is 0 Å². The molecule has 2 aromatic rings. The number of benzene rings is 1. The molecule has 1 aromatic heterocycles. The minimum Gasteiger partial charge on any atom is -0.330 e. The first-order valence-corrected chi connectivity index (χ1v) is 5.63. The molecule has 1 heterocycles. The van der Waals surface area contributed by atoms with Gasteiger partial charge in [0.25, 0.3) is 0 Å². The summed E-state index contributed by atoms with van der Waals surface area (Å²) in [5.74, 6) is -1.79. The lowest BCUT2D eigenvalue weighted by Gasteiger charge is -2.19. The molecule has 0 aliphatic carbocycles. The van der Waals surface area contributed by atoms with Gasteiger partial charge in [0.2, 0.25) is 0 Å². The van der Waals surface area contributed by atoms with E-state index in [-0.39, 0.29) is 10.7 Å². The summed E-state index contributed by atoms with van der Waals surface area (Å²) >= 11 is 5.82. The summed E-state index contributed by atoms with van der Waals surface area (Å²) in [7, 11) is 0. The molecule has 0 radical (unpaired) electrons. The molecule has 1 unspecified atom stereocenters. The molecule has 0 spiro atoms. The number of fused-ring (bicyclic) bond motifs is 1. The molecule has 96 valence electrons. The van der Waals surface area contributed by atoms with Gasteiger partial charge >= 0.3 is 6.18 Å². The standard InChI is InChI=1S/C12H10ClF3N2/c13-11-8(9(6-17)12(14,15)16)5-7-3-1-2-4-10(7)18-11/h1-5,9H,6,17H2. The van der Waals surface area contributed by atoms with Gasteiger partial charge in [-0.25, -0.2) is 4.98 Å². The number of pyridine rings is 1. The number of nitrogens with zero attached hydrogens (tertiary/aromatic N) is 1. The number of halogens is 4. The molecule has 0 saturated heterocycles. The quantitative estimate of drug-likeness (QED) is 0.852. The second-order valence-electron chi connectivity index (χ2n) is 3.89. The van der Waals surface area contributed by atoms with E-state index in [9.17, 15) is 13.2 Å². The zero-order chi connectivity index (χ0) is 13.3. The van der Waals surface area contributed by atoms with Gasteiger partial charge in [0.15, 0.2) is 0 Å². The van der Waals surface area contributed by atoms with E-state index >= 15 is 0 Å². The first-order valence-electron chi connectivity index (χ1n) is 5.25. The van der Waals surface area contributed by atoms with Crippen LogP contribution in [0.5, 0.6) is 0 Å². The van der Waals surface area contributed by atoms with Gasteiger partial charge in [0.05, 0.1) is 11.4 Å². The van der Waals surface area contributed by atoms with E-state index in [1.165, 1.54) is 6.07 Å². The average molecular weight is 275 g/mol. The molecule has 18 heavy (non-hydrogen) atoms. The van der Waals surface area contributed by atoms with Crippen molar-refractivity contribution >= 4 is 22.5 Å². The lowest BCUT2D eigenvalue weighted by atomic mass is 9.99. The summed E-state index contributed by atoms with van der Waals surface area (Å²) in [4.78, 5) is 3.97. The van der Waals surface area contributed by atoms with Crippen LogP contribution >= 0.6 is 11.6 Å². The Bertz CT molecular complexity index is 569. The van der Waals surface area contributed by atoms with Gasteiger partial charge in [-0.15, -0.1) is 0 Å². The van der Waals surface area contributed by atoms with Gasteiger partial charge in [-0.2, -0.15) is 13.2 Å². The van der Waals surface area contributed by atoms with Crippen LogP contribution in [0.2, 0.25) is 5.15 Å². The monoisotopic (exact) mass is 274 g/mol. The molecular weight excluding hydrogens is 265 g/mol. The first-order chi connectivity index (χ1) is 8.43. The highest BCUT2D eigenvalue weighted by atomic mass is 35.5. The van der Waals surface area contributed by atoms with E-state index in [1.54, 1.807) is 24.3 Å². The summed E-state index contributed by atoms with van der Waals surface area (Å²) in [5.41, 5.74) is 5.68. The molecule has 2 nitrogen and oxygen atoms in total. The Morgan fingerprint density at radius 1 is 1.28 bits per heavy atom. The minimum atomic E-state index is -4.43. The van der Waals surface area contributed by atoms with Crippen molar-refractivity contribution in [2.24, 2.45) is 5.73 Å². The fourth-order valence-corrected chi connectivity index (χ4v) is 2.07. The fourth-order valence-electron chi connectivity index (χ4n) is 1.79. The summed E-state index contributed by atoms with van der Waals surface area (Å²) in [6.07, 6.45) is -4.43. The van der Waals surface area contributed by atoms with Gasteiger partial charge in [0, 0.05) is 17.5 Å². The molecule has 2 rings (SSSR count). The highest BCUT2D eigenvalue weighted by molar-refractivity contribution is 6.30. The van der Waals surface area contributed by atoms with E-state index in [0.717, 1.165) is 0 Å². The van der Waals surface area contributed by atoms with Gasteiger partial charge in [-0.3, -0.25) is 0 Å². The van der Waals surface area contributed by atoms with Crippen molar-refractivity contribution in [1.82, 2.24) is 4.98 Å². The molecule has 6 heteroatoms. The molecule has 0 fully saturated rings. The second-order valence-corrected chi connectivity index (χ2v) is 4.25. The third kappa shape index (κ3) is 2.42. The molecule has 2 N–H and O–H groups in total. The topological polar surface area (TPSA) is 38.9 Å². The predicted molar refractivity (Wildman–Crippen MR) is 64.6 cm³/mol. The number of hydrogen-bond donors (Lipinski definition) is 1. The molecule has 0 amide bonds. The summed E-state index contributed by atoms with van der Waals surface area (Å²) < 4.78 is 38.5. The van der Waals surface area contributed by atoms with E-state index in [0.29, 0.717) is 10.9 Å². The molecule has 0 bridgehead atoms. The zero-order valence-corrected chi connectivity index (χ0v) is 9.96. The number of alkyl halides is 3. The number of aromatic nitrogens is 1. The summed E-state index contributed by atoms with van der Waals surface area (Å²) in [5, 5.41) is 0.459. The lowest BCUT2D eigenvalue weighted by molar-refractivity contribution is -0.148. The van der Waals surface area contributed by atoms with Crippen LogP contribution < -0.4 is 5.73 Å². The Kier molecular flexibility index (Phi) is 3.45. The smallest absolute Gasteiger partial charge is 0.330 e. The summed E-state index contributed by atoms with van der Waals surface area (Å²) in [6, 6.07) is 8.25. The van der Waals surface area contributed by atoms with E-state index in [4.69, 9.17) is 17.3 Å². The normalized spacial score (nSPS) is 13.8. The van der Waals surface area contributed by atoms with Crippen molar-refractivity contribution in [3.63, 3.8) is 0 Å². The molecule has 0 aliphatic heterocycles. The Balaban J connectivity index is 2.59. The maximum atomic E-state index is 12.8. The minimum absolute atomic E-state index is 0.0784. The van der Waals surface area contributed by atoms with Crippen molar-refractivity contribution in [2.75, 3.05) is 6.54 Å². The molecule has 1 aromatic carbocycles. The number of hydrogen-bond acceptors (Lipinski definition) is 2. The second kappa shape index (κ2) is 4.74. The van der Waals surface area contributed by atoms with Gasteiger partial charge in [-0.1, -0.05) is 29.8 Å². The molecule has 0 saturated carbocycles. The van der Waals surface area contributed by atoms with Crippen LogP contribution in [0, 0.1) is 0 Å². The Hall–Kier alpha value is -1.33. The lowest BCUT2D eigenvalue weighted by Crippen LogP contribution is -2.28. The van der Waals surface area contributed by atoms with Crippen LogP contribution in [-0.2, 0) is 0 Å². The van der Waals surface area contributed by atoms with Crippen molar-refractivity contribution in [3.05, 3.63) is 41.0 Å². The predicted octanol–water partition coefficient (Wildman–Crippen LogP) is 3.49. The summed E-state index contributed by atoms with van der Waals surface area (Å²) in [6.45, 7) is -0.552. The van der Waals surface area contributed by atoms with Crippen LogP contribution in [-0.4, -0.2) is 17.7 Å². The van der Waals surface area contributed by atoms with Crippen molar-refractivity contribution < 1.29 is 13.2 Å². The first kappa shape index (κ1) is 13.1. The third-order valence-electron chi connectivity index (χ3n) is 2.71. The fraction of sp³-hybridized carbons (Fsp3) is 0.250. The third-order valence-corrected chi connectivity index (χ3v) is 3.01. The zero-order valence-electron chi connectivity index (χ0n) is 9.21. The average Bonchev–Trinajstić information content (AvgIpc) is 2.29. The highest BCUT2D eigenvalue weighted by Crippen LogP contribution is 2.37. The number of nitrogens with two attached hydrogens (primary N) is 1. The SMILES string of the molecule is NCC(c1cc2ccccc2nc1Cl)C(F)(F)F. The van der Waals surface area contributed by atoms with E-state index in [2.05, 4.69) is 4.98 Å². The van der Waals surface area contributed by atoms with Crippen LogP contribution in [0.15, 0.2) is 30.3 Å². The maximum absolute atomic E-state index is 12.8. The van der Waals surface area contributed by atoms with Crippen LogP contribution in [0.1, 0.15) is 11.5 Å². The largest absolute Gasteiger partial charge is 0.397 e. The van der Waals surface area contributed by atoms with E-state index in [1.807, 2.05) is 0 Å².